The molecule has 1 saturated carbocycles. The van der Waals surface area contributed by atoms with Crippen LogP contribution >= 0.6 is 15.9 Å². The van der Waals surface area contributed by atoms with Gasteiger partial charge >= 0.3 is 0 Å². The molecule has 5 heteroatoms. The van der Waals surface area contributed by atoms with Crippen LogP contribution in [0.5, 0.6) is 0 Å². The van der Waals surface area contributed by atoms with Crippen molar-refractivity contribution in [3.05, 3.63) is 70.2 Å². The van der Waals surface area contributed by atoms with E-state index in [9.17, 15) is 4.79 Å². The van der Waals surface area contributed by atoms with Crippen molar-refractivity contribution < 1.29 is 9.53 Å². The molecule has 4 nitrogen and oxygen atoms in total. The van der Waals surface area contributed by atoms with Gasteiger partial charge in [-0.3, -0.25) is 9.69 Å². The molecular weight excluding hydrogens is 392 g/mol. The molecule has 26 heavy (non-hydrogen) atoms. The van der Waals surface area contributed by atoms with E-state index in [0.29, 0.717) is 13.2 Å². The van der Waals surface area contributed by atoms with Crippen LogP contribution in [-0.4, -0.2) is 36.6 Å². The molecule has 0 unspecified atom stereocenters. The van der Waals surface area contributed by atoms with Gasteiger partial charge in [0.25, 0.3) is 5.91 Å². The number of nitrogens with zero attached hydrogens (tertiary/aromatic N) is 1. The molecule has 0 aromatic heterocycles. The average molecular weight is 415 g/mol. The van der Waals surface area contributed by atoms with E-state index in [0.717, 1.165) is 30.4 Å². The van der Waals surface area contributed by atoms with Crippen molar-refractivity contribution in [2.24, 2.45) is 0 Å². The smallest absolute Gasteiger partial charge is 0.251 e. The molecule has 136 valence electrons. The van der Waals surface area contributed by atoms with Crippen molar-refractivity contribution in [1.82, 2.24) is 10.2 Å². The monoisotopic (exact) mass is 414 g/mol. The highest BCUT2D eigenvalue weighted by Gasteiger charge is 2.46. The van der Waals surface area contributed by atoms with Crippen molar-refractivity contribution in [2.75, 3.05) is 19.7 Å². The van der Waals surface area contributed by atoms with Crippen LogP contribution in [0, 0.1) is 0 Å². The molecule has 0 radical (unpaired) electrons. The number of carbonyl (C=O) groups is 1. The van der Waals surface area contributed by atoms with E-state index in [1.54, 1.807) is 0 Å². The van der Waals surface area contributed by atoms with Gasteiger partial charge in [0.15, 0.2) is 0 Å². The van der Waals surface area contributed by atoms with E-state index >= 15 is 0 Å². The predicted molar refractivity (Wildman–Crippen MR) is 105 cm³/mol. The topological polar surface area (TPSA) is 41.6 Å². The van der Waals surface area contributed by atoms with Gasteiger partial charge in [0, 0.05) is 24.1 Å². The van der Waals surface area contributed by atoms with Crippen LogP contribution in [0.1, 0.15) is 24.0 Å². The van der Waals surface area contributed by atoms with Crippen molar-refractivity contribution in [2.45, 2.75) is 31.0 Å². The Hall–Kier alpha value is -1.69. The summed E-state index contributed by atoms with van der Waals surface area (Å²) >= 11 is 3.47. The first-order valence-corrected chi connectivity index (χ1v) is 9.90. The zero-order valence-electron chi connectivity index (χ0n) is 14.7. The van der Waals surface area contributed by atoms with Gasteiger partial charge in [0.2, 0.25) is 0 Å². The molecule has 1 aliphatic heterocycles. The quantitative estimate of drug-likeness (QED) is 0.814. The number of carbonyl (C=O) groups excluding carboxylic acids is 1. The Balaban J connectivity index is 1.38. The third kappa shape index (κ3) is 4.00. The standard InChI is InChI=1S/C21H23BrN2O2/c22-18-8-6-17(7-9-18)21(10-11-21)23-20(25)19-15-24(12-13-26-19)14-16-4-2-1-3-5-16/h1-9,19H,10-15H2,(H,23,25)/t19-/m0/s1. The summed E-state index contributed by atoms with van der Waals surface area (Å²) in [6.45, 7) is 2.94. The lowest BCUT2D eigenvalue weighted by Crippen LogP contribution is -2.51. The number of ether oxygens (including phenoxy) is 1. The summed E-state index contributed by atoms with van der Waals surface area (Å²) in [5, 5.41) is 3.25. The van der Waals surface area contributed by atoms with E-state index in [1.165, 1.54) is 11.1 Å². The number of nitrogens with one attached hydrogen (secondary N) is 1. The predicted octanol–water partition coefficient (Wildman–Crippen LogP) is 3.46. The van der Waals surface area contributed by atoms with Crippen LogP contribution in [0.4, 0.5) is 0 Å². The highest BCUT2D eigenvalue weighted by molar-refractivity contribution is 9.10. The Kier molecular flexibility index (Phi) is 5.11. The lowest BCUT2D eigenvalue weighted by Gasteiger charge is -2.33. The van der Waals surface area contributed by atoms with Gasteiger partial charge in [-0.1, -0.05) is 58.4 Å². The lowest BCUT2D eigenvalue weighted by atomic mass is 10.0. The van der Waals surface area contributed by atoms with Crippen molar-refractivity contribution in [3.8, 4) is 0 Å². The van der Waals surface area contributed by atoms with E-state index in [-0.39, 0.29) is 11.4 Å². The van der Waals surface area contributed by atoms with Gasteiger partial charge < -0.3 is 10.1 Å². The molecule has 1 saturated heterocycles. The largest absolute Gasteiger partial charge is 0.366 e. The summed E-state index contributed by atoms with van der Waals surface area (Å²) < 4.78 is 6.83. The van der Waals surface area contributed by atoms with Gasteiger partial charge in [-0.05, 0) is 36.1 Å². The lowest BCUT2D eigenvalue weighted by molar-refractivity contribution is -0.139. The maximum atomic E-state index is 12.8. The molecule has 1 amide bonds. The maximum Gasteiger partial charge on any atom is 0.251 e. The van der Waals surface area contributed by atoms with Crippen LogP contribution in [0.15, 0.2) is 59.1 Å². The molecule has 0 bridgehead atoms. The minimum atomic E-state index is -0.402. The summed E-state index contributed by atoms with van der Waals surface area (Å²) in [6, 6.07) is 18.6. The molecule has 1 N–H and O–H groups in total. The number of amides is 1. The highest BCUT2D eigenvalue weighted by atomic mass is 79.9. The molecule has 2 aromatic rings. The molecular formula is C21H23BrN2O2. The van der Waals surface area contributed by atoms with Crippen LogP contribution in [0.25, 0.3) is 0 Å². The number of rotatable bonds is 5. The van der Waals surface area contributed by atoms with E-state index in [2.05, 4.69) is 62.5 Å². The SMILES string of the molecule is O=C(NC1(c2ccc(Br)cc2)CC1)[C@@H]1CN(Cc2ccccc2)CCO1. The average Bonchev–Trinajstić information content (AvgIpc) is 3.44. The van der Waals surface area contributed by atoms with Gasteiger partial charge in [0.05, 0.1) is 12.1 Å². The fourth-order valence-corrected chi connectivity index (χ4v) is 3.81. The molecule has 2 aromatic carbocycles. The summed E-state index contributed by atoms with van der Waals surface area (Å²) in [5.41, 5.74) is 2.23. The number of halogens is 1. The molecule has 2 fully saturated rings. The van der Waals surface area contributed by atoms with Gasteiger partial charge in [-0.15, -0.1) is 0 Å². The number of morpholine rings is 1. The van der Waals surface area contributed by atoms with Crippen molar-refractivity contribution in [1.29, 1.82) is 0 Å². The fraction of sp³-hybridized carbons (Fsp3) is 0.381. The summed E-state index contributed by atoms with van der Waals surface area (Å²) in [7, 11) is 0. The zero-order chi connectivity index (χ0) is 18.0. The third-order valence-electron chi connectivity index (χ3n) is 5.20. The first kappa shape index (κ1) is 17.7. The fourth-order valence-electron chi connectivity index (χ4n) is 3.54. The highest BCUT2D eigenvalue weighted by Crippen LogP contribution is 2.45. The van der Waals surface area contributed by atoms with Crippen molar-refractivity contribution in [3.63, 3.8) is 0 Å². The van der Waals surface area contributed by atoms with Crippen LogP contribution in [0.3, 0.4) is 0 Å². The third-order valence-corrected chi connectivity index (χ3v) is 5.73. The Morgan fingerprint density at radius 1 is 1.15 bits per heavy atom. The molecule has 0 spiro atoms. The van der Waals surface area contributed by atoms with E-state index in [4.69, 9.17) is 4.74 Å². The first-order valence-electron chi connectivity index (χ1n) is 9.11. The van der Waals surface area contributed by atoms with Gasteiger partial charge in [-0.2, -0.15) is 0 Å². The summed E-state index contributed by atoms with van der Waals surface area (Å²) in [4.78, 5) is 15.1. The summed E-state index contributed by atoms with van der Waals surface area (Å²) in [6.07, 6.45) is 1.57. The minimum absolute atomic E-state index is 0.00294. The Bertz CT molecular complexity index is 759. The molecule has 1 atom stereocenters. The van der Waals surface area contributed by atoms with Crippen LogP contribution < -0.4 is 5.32 Å². The second kappa shape index (κ2) is 7.51. The van der Waals surface area contributed by atoms with E-state index in [1.807, 2.05) is 18.2 Å². The molecule has 4 rings (SSSR count). The second-order valence-electron chi connectivity index (χ2n) is 7.16. The van der Waals surface area contributed by atoms with Crippen LogP contribution in [0.2, 0.25) is 0 Å². The normalized spacial score (nSPS) is 22.0. The summed E-state index contributed by atoms with van der Waals surface area (Å²) in [5.74, 6) is 0.00294. The van der Waals surface area contributed by atoms with E-state index < -0.39 is 6.10 Å². The second-order valence-corrected chi connectivity index (χ2v) is 8.07. The molecule has 2 aliphatic rings. The van der Waals surface area contributed by atoms with Gasteiger partial charge in [-0.25, -0.2) is 0 Å². The first-order chi connectivity index (χ1) is 12.6. The van der Waals surface area contributed by atoms with Crippen LogP contribution in [-0.2, 0) is 21.6 Å². The Labute approximate surface area is 162 Å². The Morgan fingerprint density at radius 2 is 1.88 bits per heavy atom. The number of benzene rings is 2. The molecule has 1 aliphatic carbocycles. The molecule has 1 heterocycles. The number of hydrogen-bond acceptors (Lipinski definition) is 3. The Morgan fingerprint density at radius 3 is 2.58 bits per heavy atom. The maximum absolute atomic E-state index is 12.8. The zero-order valence-corrected chi connectivity index (χ0v) is 16.2. The van der Waals surface area contributed by atoms with Crippen molar-refractivity contribution >= 4 is 21.8 Å². The minimum Gasteiger partial charge on any atom is -0.366 e. The number of hydrogen-bond donors (Lipinski definition) is 1. The van der Waals surface area contributed by atoms with Gasteiger partial charge in [0.1, 0.15) is 6.10 Å².